The Balaban J connectivity index is 0.887. The van der Waals surface area contributed by atoms with Gasteiger partial charge in [-0.05, 0) is 101 Å². The third-order valence-electron chi connectivity index (χ3n) is 12.8. The summed E-state index contributed by atoms with van der Waals surface area (Å²) in [6.45, 7) is 0. The first kappa shape index (κ1) is 32.3. The fourth-order valence-electron chi connectivity index (χ4n) is 10.1. The van der Waals surface area contributed by atoms with Crippen LogP contribution in [0.15, 0.2) is 170 Å². The van der Waals surface area contributed by atoms with E-state index in [1.165, 1.54) is 5.56 Å². The van der Waals surface area contributed by atoms with Gasteiger partial charge >= 0.3 is 0 Å². The lowest BCUT2D eigenvalue weighted by Gasteiger charge is -2.38. The van der Waals surface area contributed by atoms with E-state index in [1.807, 2.05) is 54.6 Å². The molecule has 4 aliphatic rings. The van der Waals surface area contributed by atoms with Crippen LogP contribution in [0.5, 0.6) is 46.0 Å². The van der Waals surface area contributed by atoms with E-state index in [4.69, 9.17) is 18.9 Å². The highest BCUT2D eigenvalue weighted by Gasteiger charge is 2.38. The van der Waals surface area contributed by atoms with Crippen LogP contribution in [-0.2, 0) is 0 Å². The molecule has 15 rings (SSSR count). The minimum absolute atomic E-state index is 0.738. The van der Waals surface area contributed by atoms with Crippen LogP contribution in [-0.4, -0.2) is 9.97 Å². The highest BCUT2D eigenvalue weighted by Crippen LogP contribution is 2.63. The van der Waals surface area contributed by atoms with Crippen LogP contribution >= 0.6 is 0 Å². The van der Waals surface area contributed by atoms with Crippen molar-refractivity contribution in [3.8, 4) is 68.2 Å². The minimum Gasteiger partial charge on any atom is -0.453 e. The molecule has 290 valence electrons. The third kappa shape index (κ3) is 4.29. The van der Waals surface area contributed by atoms with Gasteiger partial charge in [-0.1, -0.05) is 78.9 Å². The molecule has 11 aromatic rings. The van der Waals surface area contributed by atoms with Gasteiger partial charge < -0.3 is 28.9 Å². The minimum atomic E-state index is 0.738. The lowest BCUT2D eigenvalue weighted by molar-refractivity contribution is 0.446. The fraction of sp³-hybridized carbons (Fsp3) is 0. The second-order valence-corrected chi connectivity index (χ2v) is 16.3. The molecule has 0 saturated heterocycles. The molecule has 0 aliphatic carbocycles. The van der Waals surface area contributed by atoms with Crippen LogP contribution in [0.4, 0.5) is 34.1 Å². The summed E-state index contributed by atoms with van der Waals surface area (Å²) in [7, 11) is 0. The maximum Gasteiger partial charge on any atom is 0.165 e. The molecule has 0 bridgehead atoms. The number of fused-ring (bicyclic) bond motifs is 15. The van der Waals surface area contributed by atoms with Crippen LogP contribution in [0, 0.1) is 0 Å². The summed E-state index contributed by atoms with van der Waals surface area (Å²) in [5, 5.41) is 4.35. The number of ether oxygens (including phenoxy) is 4. The molecule has 0 radical (unpaired) electrons. The van der Waals surface area contributed by atoms with Gasteiger partial charge in [-0.15, -0.1) is 0 Å². The second kappa shape index (κ2) is 11.6. The van der Waals surface area contributed by atoms with Gasteiger partial charge in [-0.3, -0.25) is 9.80 Å². The van der Waals surface area contributed by atoms with E-state index in [1.54, 1.807) is 0 Å². The van der Waals surface area contributed by atoms with Gasteiger partial charge in [0.05, 0.1) is 39.2 Å². The molecule has 0 atom stereocenters. The number of hydrogen-bond donors (Lipinski definition) is 2. The van der Waals surface area contributed by atoms with Crippen molar-refractivity contribution in [1.82, 2.24) is 9.97 Å². The number of hydrogen-bond acceptors (Lipinski definition) is 6. The molecule has 8 nitrogen and oxygen atoms in total. The number of benzene rings is 9. The SMILES string of the molecule is c1ccc(-c2ccc3[nH]c4cc5c6c(c4c3c2)Oc2ccccc2N6c2cc(-c3ccc4[nH]c6cc7c(cc6c4c3)N3c4ccccc4Oc4cccc(c43)O7)ccc2O5)cc1. The van der Waals surface area contributed by atoms with Crippen molar-refractivity contribution in [2.75, 3.05) is 9.80 Å². The monoisotopic (exact) mass is 798 g/mol. The molecule has 0 spiro atoms. The van der Waals surface area contributed by atoms with Crippen molar-refractivity contribution in [2.24, 2.45) is 0 Å². The van der Waals surface area contributed by atoms with Gasteiger partial charge in [0, 0.05) is 39.3 Å². The Kier molecular flexibility index (Phi) is 6.01. The summed E-state index contributed by atoms with van der Waals surface area (Å²) in [6, 6.07) is 59.1. The average molecular weight is 799 g/mol. The maximum atomic E-state index is 6.90. The van der Waals surface area contributed by atoms with Crippen LogP contribution in [0.3, 0.4) is 0 Å². The van der Waals surface area contributed by atoms with E-state index in [0.717, 1.165) is 140 Å². The van der Waals surface area contributed by atoms with Crippen LogP contribution in [0.25, 0.3) is 65.9 Å². The molecule has 62 heavy (non-hydrogen) atoms. The highest BCUT2D eigenvalue weighted by atomic mass is 16.5. The topological polar surface area (TPSA) is 75.0 Å². The molecule has 6 heterocycles. The van der Waals surface area contributed by atoms with Crippen molar-refractivity contribution in [3.63, 3.8) is 0 Å². The van der Waals surface area contributed by atoms with E-state index >= 15 is 0 Å². The number of H-pyrrole nitrogens is 2. The van der Waals surface area contributed by atoms with E-state index in [2.05, 4.69) is 135 Å². The predicted octanol–water partition coefficient (Wildman–Crippen LogP) is 15.7. The van der Waals surface area contributed by atoms with Gasteiger partial charge in [-0.2, -0.15) is 0 Å². The quantitative estimate of drug-likeness (QED) is 0.181. The standard InChI is InChI=1S/C54H30N4O4/c1-2-9-29(10-3-1)30-17-21-37-35(24-30)51-39(56-37)28-50-53-54(51)62-45-14-7-5-12-41(45)58(53)42-25-32(19-22-46(42)60-50)31-18-20-36-33(23-31)34-26-43-49(27-38(34)55-36)61-48-16-8-15-47-52(48)57(43)40-11-4-6-13-44(40)59-47/h1-28,55-56H. The van der Waals surface area contributed by atoms with Gasteiger partial charge in [0.2, 0.25) is 0 Å². The maximum absolute atomic E-state index is 6.90. The zero-order valence-electron chi connectivity index (χ0n) is 32.7. The molecular weight excluding hydrogens is 769 g/mol. The first-order valence-electron chi connectivity index (χ1n) is 20.7. The van der Waals surface area contributed by atoms with E-state index in [9.17, 15) is 0 Å². The largest absolute Gasteiger partial charge is 0.453 e. The fourth-order valence-corrected chi connectivity index (χ4v) is 10.1. The van der Waals surface area contributed by atoms with Crippen molar-refractivity contribution < 1.29 is 18.9 Å². The number of rotatable bonds is 2. The van der Waals surface area contributed by atoms with Gasteiger partial charge in [-0.25, -0.2) is 0 Å². The number of aromatic nitrogens is 2. The molecule has 2 aromatic heterocycles. The summed E-state index contributed by atoms with van der Waals surface area (Å²) in [5.41, 5.74) is 14.2. The van der Waals surface area contributed by atoms with Gasteiger partial charge in [0.25, 0.3) is 0 Å². The smallest absolute Gasteiger partial charge is 0.165 e. The molecule has 0 fully saturated rings. The number of aromatic amines is 2. The lowest BCUT2D eigenvalue weighted by atomic mass is 9.98. The Labute approximate surface area is 353 Å². The summed E-state index contributed by atoms with van der Waals surface area (Å²) in [4.78, 5) is 11.9. The first-order valence-corrected chi connectivity index (χ1v) is 20.7. The zero-order valence-corrected chi connectivity index (χ0v) is 32.7. The molecular formula is C54H30N4O4. The molecule has 4 aliphatic heterocycles. The van der Waals surface area contributed by atoms with Gasteiger partial charge in [0.1, 0.15) is 11.4 Å². The van der Waals surface area contributed by atoms with Gasteiger partial charge in [0.15, 0.2) is 46.0 Å². The number of para-hydroxylation sites is 5. The average Bonchev–Trinajstić information content (AvgIpc) is 3.87. The Morgan fingerprint density at radius 3 is 1.68 bits per heavy atom. The first-order chi connectivity index (χ1) is 30.7. The van der Waals surface area contributed by atoms with Crippen molar-refractivity contribution in [1.29, 1.82) is 0 Å². The molecule has 0 amide bonds. The highest BCUT2D eigenvalue weighted by molar-refractivity contribution is 6.17. The normalized spacial score (nSPS) is 13.6. The predicted molar refractivity (Wildman–Crippen MR) is 246 cm³/mol. The Morgan fingerprint density at radius 1 is 0.306 bits per heavy atom. The number of nitrogens with one attached hydrogen (secondary N) is 2. The Morgan fingerprint density at radius 2 is 0.855 bits per heavy atom. The molecule has 0 unspecified atom stereocenters. The van der Waals surface area contributed by atoms with Crippen LogP contribution in [0.2, 0.25) is 0 Å². The zero-order chi connectivity index (χ0) is 40.2. The Hall–Kier alpha value is -8.62. The van der Waals surface area contributed by atoms with Crippen LogP contribution < -0.4 is 28.7 Å². The van der Waals surface area contributed by atoms with Crippen LogP contribution in [0.1, 0.15) is 0 Å². The number of nitrogens with zero attached hydrogens (tertiary/aromatic N) is 2. The van der Waals surface area contributed by atoms with Crippen molar-refractivity contribution in [3.05, 3.63) is 170 Å². The van der Waals surface area contributed by atoms with Crippen molar-refractivity contribution >= 4 is 77.7 Å². The molecule has 9 aromatic carbocycles. The number of anilines is 6. The van der Waals surface area contributed by atoms with E-state index in [0.29, 0.717) is 0 Å². The van der Waals surface area contributed by atoms with E-state index < -0.39 is 0 Å². The molecule has 8 heteroatoms. The third-order valence-corrected chi connectivity index (χ3v) is 12.8. The van der Waals surface area contributed by atoms with Crippen molar-refractivity contribution in [2.45, 2.75) is 0 Å². The second-order valence-electron chi connectivity index (χ2n) is 16.3. The summed E-state index contributed by atoms with van der Waals surface area (Å²) in [6.07, 6.45) is 0. The molecule has 2 N–H and O–H groups in total. The summed E-state index contributed by atoms with van der Waals surface area (Å²) < 4.78 is 26.6. The van der Waals surface area contributed by atoms with E-state index in [-0.39, 0.29) is 0 Å². The molecule has 0 saturated carbocycles. The lowest BCUT2D eigenvalue weighted by Crippen LogP contribution is -2.20. The summed E-state index contributed by atoms with van der Waals surface area (Å²) in [5.74, 6) is 6.20. The Bertz CT molecular complexity index is 3790. The summed E-state index contributed by atoms with van der Waals surface area (Å²) >= 11 is 0.